The molecule has 0 saturated heterocycles. The fraction of sp³-hybridized carbons (Fsp3) is 0.333. The maximum atomic E-state index is 5.64. The molecule has 1 nitrogen and oxygen atoms in total. The molecular formula is C9H13NSSn+2. The molecule has 12 heavy (non-hydrogen) atoms. The van der Waals surface area contributed by atoms with Gasteiger partial charge in [0.25, 0.3) is 0 Å². The molecule has 3 heteroatoms. The zero-order valence-corrected chi connectivity index (χ0v) is 10.9. The van der Waals surface area contributed by atoms with E-state index in [0.717, 1.165) is 0 Å². The Labute approximate surface area is 88.3 Å². The summed E-state index contributed by atoms with van der Waals surface area (Å²) in [6.45, 7) is 0.700. The molecule has 0 aliphatic heterocycles. The van der Waals surface area contributed by atoms with Crippen LogP contribution < -0.4 is 9.31 Å². The molecular weight excluding hydrogens is 273 g/mol. The van der Waals surface area contributed by atoms with Gasteiger partial charge in [-0.1, -0.05) is 0 Å². The fourth-order valence-corrected chi connectivity index (χ4v) is 5.68. The van der Waals surface area contributed by atoms with Crippen molar-refractivity contribution in [3.63, 3.8) is 0 Å². The first-order valence-electron chi connectivity index (χ1n) is 3.89. The van der Waals surface area contributed by atoms with Crippen LogP contribution in [0.3, 0.4) is 0 Å². The second-order valence-electron chi connectivity index (χ2n) is 2.47. The van der Waals surface area contributed by atoms with Gasteiger partial charge in [-0.15, -0.1) is 0 Å². The Bertz CT molecular complexity index is 240. The van der Waals surface area contributed by atoms with Crippen molar-refractivity contribution in [2.45, 2.75) is 6.54 Å². The van der Waals surface area contributed by atoms with Crippen LogP contribution in [0.4, 0.5) is 0 Å². The van der Waals surface area contributed by atoms with E-state index in [0.29, 0.717) is 6.54 Å². The third kappa shape index (κ3) is 2.99. The van der Waals surface area contributed by atoms with Gasteiger partial charge >= 0.3 is 88.6 Å². The van der Waals surface area contributed by atoms with Crippen LogP contribution >= 0.6 is 11.8 Å². The van der Waals surface area contributed by atoms with Crippen LogP contribution in [0.1, 0.15) is 5.56 Å². The van der Waals surface area contributed by atoms with E-state index in [2.05, 4.69) is 30.5 Å². The number of nitrogens with two attached hydrogens (primary N) is 1. The maximum absolute atomic E-state index is 5.64. The number of benzene rings is 1. The first-order valence-corrected chi connectivity index (χ1v) is 8.73. The van der Waals surface area contributed by atoms with Crippen LogP contribution in [0.5, 0.6) is 0 Å². The minimum absolute atomic E-state index is 0.338. The quantitative estimate of drug-likeness (QED) is 0.828. The van der Waals surface area contributed by atoms with Crippen LogP contribution in [-0.4, -0.2) is 31.2 Å². The fourth-order valence-electron chi connectivity index (χ4n) is 1.02. The van der Waals surface area contributed by atoms with E-state index >= 15 is 0 Å². The molecule has 1 aromatic rings. The van der Waals surface area contributed by atoms with Crippen LogP contribution in [0.25, 0.3) is 0 Å². The van der Waals surface area contributed by atoms with Crippen LogP contribution in [-0.2, 0) is 6.54 Å². The molecule has 0 saturated carbocycles. The topological polar surface area (TPSA) is 26.0 Å². The molecule has 0 unspecified atom stereocenters. The van der Waals surface area contributed by atoms with Crippen molar-refractivity contribution in [2.24, 2.45) is 5.73 Å². The molecule has 0 amide bonds. The SMILES string of the molecule is CS[CH2][Sn+2][c]1ccccc1CN. The summed E-state index contributed by atoms with van der Waals surface area (Å²) < 4.78 is 2.92. The van der Waals surface area contributed by atoms with Crippen molar-refractivity contribution in [3.05, 3.63) is 29.8 Å². The normalized spacial score (nSPS) is 9.50. The van der Waals surface area contributed by atoms with Crippen molar-refractivity contribution in [1.82, 2.24) is 0 Å². The second-order valence-corrected chi connectivity index (χ2v) is 8.36. The summed E-state index contributed by atoms with van der Waals surface area (Å²) in [5, 5.41) is 0. The molecule has 0 aromatic heterocycles. The summed E-state index contributed by atoms with van der Waals surface area (Å²) in [6.07, 6.45) is 2.17. The van der Waals surface area contributed by atoms with Crippen molar-refractivity contribution in [1.29, 1.82) is 0 Å². The molecule has 0 aliphatic carbocycles. The Balaban J connectivity index is 2.68. The van der Waals surface area contributed by atoms with Gasteiger partial charge in [-0.25, -0.2) is 0 Å². The average Bonchev–Trinajstić information content (AvgIpc) is 2.15. The van der Waals surface area contributed by atoms with E-state index in [1.165, 1.54) is 9.33 Å². The monoisotopic (exact) mass is 287 g/mol. The van der Waals surface area contributed by atoms with Gasteiger partial charge in [0, 0.05) is 0 Å². The van der Waals surface area contributed by atoms with Crippen molar-refractivity contribution < 1.29 is 0 Å². The van der Waals surface area contributed by atoms with Crippen LogP contribution in [0.15, 0.2) is 24.3 Å². The number of hydrogen-bond donors (Lipinski definition) is 1. The van der Waals surface area contributed by atoms with Gasteiger partial charge in [0.15, 0.2) is 0 Å². The molecule has 0 aliphatic rings. The Morgan fingerprint density at radius 1 is 1.42 bits per heavy atom. The molecule has 0 fully saturated rings. The standard InChI is InChI=1S/C7H8N.C2H5S.Sn/c8-6-7-4-2-1-3-5-7;1-3-2;/h1-4H,6,8H2;1H2,2H3;/q;;+2. The Kier molecular flexibility index (Phi) is 5.11. The van der Waals surface area contributed by atoms with Gasteiger partial charge in [-0.3, -0.25) is 0 Å². The molecule has 0 atom stereocenters. The van der Waals surface area contributed by atoms with Crippen molar-refractivity contribution in [3.8, 4) is 0 Å². The average molecular weight is 286 g/mol. The van der Waals surface area contributed by atoms with E-state index < -0.39 is 0 Å². The second kappa shape index (κ2) is 5.89. The van der Waals surface area contributed by atoms with E-state index in [1.807, 2.05) is 11.8 Å². The summed E-state index contributed by atoms with van der Waals surface area (Å²) in [5.74, 6) is 0. The zero-order valence-electron chi connectivity index (χ0n) is 7.21. The third-order valence-electron chi connectivity index (χ3n) is 1.64. The molecule has 62 valence electrons. The van der Waals surface area contributed by atoms with Gasteiger partial charge < -0.3 is 0 Å². The Morgan fingerprint density at radius 2 is 2.17 bits per heavy atom. The molecule has 0 heterocycles. The van der Waals surface area contributed by atoms with E-state index in [-0.39, 0.29) is 21.1 Å². The molecule has 1 aromatic carbocycles. The van der Waals surface area contributed by atoms with Crippen LogP contribution in [0, 0.1) is 0 Å². The van der Waals surface area contributed by atoms with Gasteiger partial charge in [-0.2, -0.15) is 0 Å². The molecule has 0 bridgehead atoms. The number of hydrogen-bond acceptors (Lipinski definition) is 2. The number of thioether (sulfide) groups is 1. The Morgan fingerprint density at radius 3 is 2.83 bits per heavy atom. The van der Waals surface area contributed by atoms with Crippen molar-refractivity contribution in [2.75, 3.05) is 10.0 Å². The van der Waals surface area contributed by atoms with E-state index in [1.54, 1.807) is 3.58 Å². The molecule has 1 rings (SSSR count). The van der Waals surface area contributed by atoms with E-state index in [4.69, 9.17) is 5.73 Å². The van der Waals surface area contributed by atoms with Gasteiger partial charge in [0.05, 0.1) is 0 Å². The molecule has 0 spiro atoms. The van der Waals surface area contributed by atoms with Gasteiger partial charge in [0.2, 0.25) is 0 Å². The summed E-state index contributed by atoms with van der Waals surface area (Å²) in [6, 6.07) is 8.58. The van der Waals surface area contributed by atoms with Crippen LogP contribution in [0.2, 0.25) is 0 Å². The van der Waals surface area contributed by atoms with E-state index in [9.17, 15) is 0 Å². The summed E-state index contributed by atoms with van der Waals surface area (Å²) in [5.41, 5.74) is 7.00. The Hall–Kier alpha value is 0.329. The van der Waals surface area contributed by atoms with Gasteiger partial charge in [0.1, 0.15) is 0 Å². The summed E-state index contributed by atoms with van der Waals surface area (Å²) in [7, 11) is 0. The molecule has 2 N–H and O–H groups in total. The first-order chi connectivity index (χ1) is 5.88. The molecule has 0 radical (unpaired) electrons. The number of rotatable bonds is 4. The van der Waals surface area contributed by atoms with Gasteiger partial charge in [-0.05, 0) is 0 Å². The predicted octanol–water partition coefficient (Wildman–Crippen LogP) is 0.795. The summed E-state index contributed by atoms with van der Waals surface area (Å²) >= 11 is 1.61. The summed E-state index contributed by atoms with van der Waals surface area (Å²) in [4.78, 5) is 0. The van der Waals surface area contributed by atoms with Crippen molar-refractivity contribution >= 4 is 36.5 Å². The predicted molar refractivity (Wildman–Crippen MR) is 58.1 cm³/mol. The minimum atomic E-state index is -0.338. The zero-order chi connectivity index (χ0) is 8.81. The third-order valence-corrected chi connectivity index (χ3v) is 8.26. The first kappa shape index (κ1) is 10.4.